The Balaban J connectivity index is 1.29. The zero-order chi connectivity index (χ0) is 24.7. The highest BCUT2D eigenvalue weighted by molar-refractivity contribution is 6.31. The van der Waals surface area contributed by atoms with Crippen LogP contribution in [0.5, 0.6) is 0 Å². The van der Waals surface area contributed by atoms with E-state index in [1.54, 1.807) is 18.3 Å². The van der Waals surface area contributed by atoms with Gasteiger partial charge in [-0.1, -0.05) is 6.07 Å². The summed E-state index contributed by atoms with van der Waals surface area (Å²) in [5.74, 6) is -4.90. The number of rotatable bonds is 9. The Kier molecular flexibility index (Phi) is 5.96. The molecule has 2 saturated carbocycles. The summed E-state index contributed by atoms with van der Waals surface area (Å²) < 4.78 is 42.0. The van der Waals surface area contributed by atoms with Crippen LogP contribution in [0.4, 0.5) is 30.2 Å². The molecule has 3 fully saturated rings. The molecule has 0 bridgehead atoms. The van der Waals surface area contributed by atoms with Gasteiger partial charge in [-0.25, -0.2) is 28.2 Å². The largest absolute Gasteiger partial charge is 0.384 e. The highest BCUT2D eigenvalue weighted by atomic mass is 19.3. The van der Waals surface area contributed by atoms with Crippen molar-refractivity contribution < 1.29 is 22.8 Å². The van der Waals surface area contributed by atoms with Crippen molar-refractivity contribution in [3.8, 4) is 0 Å². The minimum Gasteiger partial charge on any atom is -0.384 e. The minimum absolute atomic E-state index is 0.0468. The van der Waals surface area contributed by atoms with E-state index < -0.39 is 24.1 Å². The van der Waals surface area contributed by atoms with Crippen molar-refractivity contribution in [1.29, 1.82) is 0 Å². The molecule has 3 aliphatic rings. The number of nitrogens with one attached hydrogen (secondary N) is 2. The quantitative estimate of drug-likeness (QED) is 0.418. The number of halogens is 3. The van der Waals surface area contributed by atoms with E-state index in [0.29, 0.717) is 24.1 Å². The lowest BCUT2D eigenvalue weighted by atomic mass is 10.1. The summed E-state index contributed by atoms with van der Waals surface area (Å²) in [6.07, 6.45) is 3.51. The van der Waals surface area contributed by atoms with Gasteiger partial charge in [0.2, 0.25) is 0 Å². The predicted molar refractivity (Wildman–Crippen MR) is 125 cm³/mol. The molecular weight excluding hydrogens is 461 g/mol. The molecule has 2 aromatic rings. The topological polar surface area (TPSA) is 89.9 Å². The van der Waals surface area contributed by atoms with E-state index in [1.807, 2.05) is 16.1 Å². The third-order valence-corrected chi connectivity index (χ3v) is 6.46. The van der Waals surface area contributed by atoms with Gasteiger partial charge in [-0.15, -0.1) is 0 Å². The normalized spacial score (nSPS) is 21.3. The molecule has 35 heavy (non-hydrogen) atoms. The van der Waals surface area contributed by atoms with Gasteiger partial charge in [-0.05, 0) is 31.0 Å². The van der Waals surface area contributed by atoms with Crippen LogP contribution in [0.3, 0.4) is 0 Å². The monoisotopic (exact) mass is 486 g/mol. The standard InChI is InChI=1S/C24H25F3N6O2/c1-28-22-18(31-20(13-34)17-10-24(17,26)27)6-2-14(21(22)25)12-32-8-9-33(32)16-5-7-19(29-11-16)23(35)30-15-3-4-15/h2,5-7,11,13,15,17,28H,3-4,8-10,12H2,1H3,(H,30,35). The highest BCUT2D eigenvalue weighted by Gasteiger charge is 2.59. The van der Waals surface area contributed by atoms with E-state index >= 15 is 4.39 Å². The molecule has 1 unspecified atom stereocenters. The molecule has 0 spiro atoms. The zero-order valence-corrected chi connectivity index (χ0v) is 19.1. The van der Waals surface area contributed by atoms with Crippen LogP contribution >= 0.6 is 0 Å². The van der Waals surface area contributed by atoms with Gasteiger partial charge in [0.05, 0.1) is 34.9 Å². The lowest BCUT2D eigenvalue weighted by Crippen LogP contribution is -2.56. The molecule has 2 heterocycles. The average Bonchev–Trinajstić information content (AvgIpc) is 3.74. The Morgan fingerprint density at radius 3 is 2.57 bits per heavy atom. The van der Waals surface area contributed by atoms with Crippen LogP contribution in [0.15, 0.2) is 35.5 Å². The molecule has 1 aliphatic heterocycles. The molecule has 1 amide bonds. The van der Waals surface area contributed by atoms with Gasteiger partial charge in [0, 0.05) is 44.7 Å². The second kappa shape index (κ2) is 8.95. The van der Waals surface area contributed by atoms with Crippen molar-refractivity contribution in [2.24, 2.45) is 10.9 Å². The van der Waals surface area contributed by atoms with Crippen LogP contribution < -0.4 is 15.6 Å². The molecule has 5 rings (SSSR count). The molecule has 1 aromatic heterocycles. The number of hydrogen-bond donors (Lipinski definition) is 2. The summed E-state index contributed by atoms with van der Waals surface area (Å²) in [6.45, 7) is 1.68. The van der Waals surface area contributed by atoms with Crippen LogP contribution in [-0.4, -0.2) is 60.0 Å². The van der Waals surface area contributed by atoms with Gasteiger partial charge < -0.3 is 15.6 Å². The van der Waals surface area contributed by atoms with Crippen molar-refractivity contribution in [3.63, 3.8) is 0 Å². The fourth-order valence-electron chi connectivity index (χ4n) is 4.08. The fraction of sp³-hybridized carbons (Fsp3) is 0.417. The van der Waals surface area contributed by atoms with Crippen molar-refractivity contribution in [2.45, 2.75) is 37.8 Å². The summed E-state index contributed by atoms with van der Waals surface area (Å²) >= 11 is 0. The Bertz CT molecular complexity index is 1180. The summed E-state index contributed by atoms with van der Waals surface area (Å²) in [6, 6.07) is 6.80. The second-order valence-electron chi connectivity index (χ2n) is 9.02. The number of amides is 1. The Hall–Kier alpha value is -3.47. The molecular formula is C24H25F3N6O2. The number of carbonyl (C=O) groups excluding carboxylic acids is 2. The lowest BCUT2D eigenvalue weighted by molar-refractivity contribution is -0.103. The van der Waals surface area contributed by atoms with E-state index in [0.717, 1.165) is 25.1 Å². The van der Waals surface area contributed by atoms with Gasteiger partial charge >= 0.3 is 0 Å². The Morgan fingerprint density at radius 2 is 2.03 bits per heavy atom. The summed E-state index contributed by atoms with van der Waals surface area (Å²) in [4.78, 5) is 31.7. The maximum absolute atomic E-state index is 15.3. The molecule has 1 aromatic carbocycles. The smallest absolute Gasteiger partial charge is 0.270 e. The van der Waals surface area contributed by atoms with Gasteiger partial charge in [-0.2, -0.15) is 0 Å². The highest BCUT2D eigenvalue weighted by Crippen LogP contribution is 2.49. The van der Waals surface area contributed by atoms with Gasteiger partial charge in [-0.3, -0.25) is 9.59 Å². The molecule has 1 saturated heterocycles. The van der Waals surface area contributed by atoms with Crippen LogP contribution in [0.25, 0.3) is 0 Å². The predicted octanol–water partition coefficient (Wildman–Crippen LogP) is 3.32. The van der Waals surface area contributed by atoms with Crippen LogP contribution in [-0.2, 0) is 11.3 Å². The van der Waals surface area contributed by atoms with E-state index in [2.05, 4.69) is 20.6 Å². The first-order valence-electron chi connectivity index (χ1n) is 11.5. The van der Waals surface area contributed by atoms with Gasteiger partial charge in [0.1, 0.15) is 5.69 Å². The number of benzene rings is 1. The van der Waals surface area contributed by atoms with Gasteiger partial charge in [0.25, 0.3) is 11.8 Å². The van der Waals surface area contributed by atoms with Crippen molar-refractivity contribution in [3.05, 3.63) is 47.5 Å². The number of aliphatic imine (C=N–C) groups is 1. The number of carbonyl (C=O) groups is 2. The first-order chi connectivity index (χ1) is 16.8. The van der Waals surface area contributed by atoms with Gasteiger partial charge in [0.15, 0.2) is 12.1 Å². The molecule has 2 aliphatic carbocycles. The summed E-state index contributed by atoms with van der Waals surface area (Å²) in [5.41, 5.74) is 1.39. The average molecular weight is 486 g/mol. The van der Waals surface area contributed by atoms with Crippen molar-refractivity contribution in [1.82, 2.24) is 15.3 Å². The number of nitrogens with zero attached hydrogens (tertiary/aromatic N) is 4. The minimum atomic E-state index is -2.94. The Labute approximate surface area is 200 Å². The maximum Gasteiger partial charge on any atom is 0.270 e. The number of pyridine rings is 1. The molecule has 1 atom stereocenters. The number of aromatic nitrogens is 1. The zero-order valence-electron chi connectivity index (χ0n) is 19.1. The molecule has 0 radical (unpaired) electrons. The molecule has 8 nitrogen and oxygen atoms in total. The molecule has 184 valence electrons. The SMILES string of the molecule is CNc1c(N=C(C=O)C2CC2(F)F)ccc(CN2CCN2c2ccc(C(=O)NC3CC3)nc2)c1F. The first-order valence-corrected chi connectivity index (χ1v) is 11.5. The van der Waals surface area contributed by atoms with E-state index in [4.69, 9.17) is 0 Å². The second-order valence-corrected chi connectivity index (χ2v) is 9.02. The number of hydrazine groups is 1. The summed E-state index contributed by atoms with van der Waals surface area (Å²) in [5, 5.41) is 9.51. The number of alkyl halides is 2. The van der Waals surface area contributed by atoms with E-state index in [9.17, 15) is 18.4 Å². The van der Waals surface area contributed by atoms with Crippen molar-refractivity contribution >= 4 is 35.0 Å². The Morgan fingerprint density at radius 1 is 1.26 bits per heavy atom. The first kappa shape index (κ1) is 23.3. The van der Waals surface area contributed by atoms with E-state index in [-0.39, 0.29) is 35.6 Å². The third-order valence-electron chi connectivity index (χ3n) is 6.46. The molecule has 11 heteroatoms. The number of aldehydes is 1. The lowest BCUT2D eigenvalue weighted by Gasteiger charge is -2.45. The number of anilines is 2. The molecule has 2 N–H and O–H groups in total. The van der Waals surface area contributed by atoms with Crippen LogP contribution in [0.1, 0.15) is 35.3 Å². The van der Waals surface area contributed by atoms with Crippen LogP contribution in [0.2, 0.25) is 0 Å². The van der Waals surface area contributed by atoms with E-state index in [1.165, 1.54) is 13.1 Å². The number of hydrogen-bond acceptors (Lipinski definition) is 7. The maximum atomic E-state index is 15.3. The summed E-state index contributed by atoms with van der Waals surface area (Å²) in [7, 11) is 1.51. The van der Waals surface area contributed by atoms with Crippen LogP contribution in [0, 0.1) is 11.7 Å². The fourth-order valence-corrected chi connectivity index (χ4v) is 4.08. The van der Waals surface area contributed by atoms with Crippen molar-refractivity contribution in [2.75, 3.05) is 30.5 Å². The third kappa shape index (κ3) is 4.72.